The van der Waals surface area contributed by atoms with Crippen LogP contribution in [-0.4, -0.2) is 37.0 Å². The van der Waals surface area contributed by atoms with Gasteiger partial charge in [0.1, 0.15) is 11.6 Å². The van der Waals surface area contributed by atoms with Gasteiger partial charge in [-0.3, -0.25) is 24.0 Å². The van der Waals surface area contributed by atoms with Crippen LogP contribution < -0.4 is 10.9 Å². The highest BCUT2D eigenvalue weighted by Crippen LogP contribution is 2.31. The van der Waals surface area contributed by atoms with Gasteiger partial charge in [-0.15, -0.1) is 0 Å². The van der Waals surface area contributed by atoms with Crippen LogP contribution in [0.1, 0.15) is 41.4 Å². The summed E-state index contributed by atoms with van der Waals surface area (Å²) in [6, 6.07) is 11.4. The molecule has 3 aromatic rings. The first kappa shape index (κ1) is 21.6. The summed E-state index contributed by atoms with van der Waals surface area (Å²) < 4.78 is 14.5. The summed E-state index contributed by atoms with van der Waals surface area (Å²) in [6.45, 7) is 5.40. The summed E-state index contributed by atoms with van der Waals surface area (Å²) in [6.07, 6.45) is 1.73. The van der Waals surface area contributed by atoms with Crippen molar-refractivity contribution in [1.82, 2.24) is 24.8 Å². The van der Waals surface area contributed by atoms with Gasteiger partial charge in [0.2, 0.25) is 5.75 Å². The Kier molecular flexibility index (Phi) is 5.75. The van der Waals surface area contributed by atoms with Gasteiger partial charge in [0.05, 0.1) is 11.2 Å². The Morgan fingerprint density at radius 2 is 1.94 bits per heavy atom. The average Bonchev–Trinajstić information content (AvgIpc) is 2.78. The van der Waals surface area contributed by atoms with Gasteiger partial charge in [-0.05, 0) is 43.7 Å². The molecule has 0 unspecified atom stereocenters. The molecule has 9 heteroatoms. The van der Waals surface area contributed by atoms with Crippen molar-refractivity contribution in [3.05, 3.63) is 87.6 Å². The minimum atomic E-state index is -0.686. The molecule has 1 aliphatic heterocycles. The molecule has 2 aromatic heterocycles. The summed E-state index contributed by atoms with van der Waals surface area (Å²) >= 11 is 0. The maximum atomic E-state index is 13.1. The van der Waals surface area contributed by atoms with Gasteiger partial charge in [-0.1, -0.05) is 18.2 Å². The number of nitrogens with one attached hydrogen (secondary N) is 1. The number of carbonyl (C=O) groups is 1. The lowest BCUT2D eigenvalue weighted by Gasteiger charge is -2.43. The van der Waals surface area contributed by atoms with Crippen molar-refractivity contribution in [2.75, 3.05) is 6.54 Å². The van der Waals surface area contributed by atoms with E-state index >= 15 is 0 Å². The van der Waals surface area contributed by atoms with E-state index in [1.807, 2.05) is 32.0 Å². The minimum Gasteiger partial charge on any atom is -0.501 e. The van der Waals surface area contributed by atoms with E-state index in [0.29, 0.717) is 31.0 Å². The normalized spacial score (nSPS) is 15.2. The van der Waals surface area contributed by atoms with Crippen molar-refractivity contribution in [3.8, 4) is 5.75 Å². The topological polar surface area (TPSA) is 100 Å². The molecule has 0 fully saturated rings. The Bertz CT molecular complexity index is 1190. The first-order chi connectivity index (χ1) is 15.3. The number of nitrogens with zero attached hydrogens (tertiary/aromatic N) is 4. The molecule has 32 heavy (non-hydrogen) atoms. The van der Waals surface area contributed by atoms with E-state index in [1.165, 1.54) is 16.7 Å². The summed E-state index contributed by atoms with van der Waals surface area (Å²) in [5.74, 6) is -1.33. The van der Waals surface area contributed by atoms with Crippen molar-refractivity contribution in [3.63, 3.8) is 0 Å². The Hall–Kier alpha value is -3.59. The Balaban J connectivity index is 1.62. The lowest BCUT2D eigenvalue weighted by atomic mass is 9.97. The third-order valence-electron chi connectivity index (χ3n) is 5.74. The lowest BCUT2D eigenvalue weighted by Crippen LogP contribution is -2.52. The maximum absolute atomic E-state index is 13.1. The molecule has 0 radical (unpaired) electrons. The van der Waals surface area contributed by atoms with Crippen LogP contribution in [0.4, 0.5) is 4.39 Å². The van der Waals surface area contributed by atoms with Gasteiger partial charge in [0.15, 0.2) is 5.69 Å². The molecule has 0 saturated heterocycles. The third-order valence-corrected chi connectivity index (χ3v) is 5.74. The van der Waals surface area contributed by atoms with E-state index in [1.54, 1.807) is 18.3 Å². The second-order valence-corrected chi connectivity index (χ2v) is 8.20. The fraction of sp³-hybridized carbons (Fsp3) is 0.304. The third kappa shape index (κ3) is 4.11. The Labute approximate surface area is 184 Å². The second-order valence-electron chi connectivity index (χ2n) is 8.20. The Morgan fingerprint density at radius 3 is 2.62 bits per heavy atom. The van der Waals surface area contributed by atoms with Crippen molar-refractivity contribution in [2.45, 2.75) is 39.0 Å². The molecule has 3 heterocycles. The summed E-state index contributed by atoms with van der Waals surface area (Å²) in [4.78, 5) is 36.5. The van der Waals surface area contributed by atoms with E-state index in [9.17, 15) is 19.1 Å². The predicted molar refractivity (Wildman–Crippen MR) is 115 cm³/mol. The zero-order chi connectivity index (χ0) is 22.9. The fourth-order valence-corrected chi connectivity index (χ4v) is 3.85. The van der Waals surface area contributed by atoms with Gasteiger partial charge in [-0.25, -0.2) is 9.37 Å². The monoisotopic (exact) mass is 437 g/mol. The zero-order valence-electron chi connectivity index (χ0n) is 17.9. The van der Waals surface area contributed by atoms with Crippen LogP contribution in [0.3, 0.4) is 0 Å². The quantitative estimate of drug-likeness (QED) is 0.635. The number of benzene rings is 1. The molecule has 0 saturated carbocycles. The molecular formula is C23H24FN5O3. The Morgan fingerprint density at radius 1 is 1.19 bits per heavy atom. The van der Waals surface area contributed by atoms with Crippen LogP contribution in [-0.2, 0) is 25.2 Å². The molecule has 2 N–H and O–H groups in total. The lowest BCUT2D eigenvalue weighted by molar-refractivity contribution is 0.0637. The smallest absolute Gasteiger partial charge is 0.296 e. The number of fused-ring (bicyclic) bond motifs is 1. The SMILES string of the molecule is CC1(C)c2nc(C(=O)NCc3ccc(F)cc3)c(O)c(=O)n2CCN1Cc1ccccn1. The molecule has 0 bridgehead atoms. The average molecular weight is 437 g/mol. The maximum Gasteiger partial charge on any atom is 0.296 e. The molecule has 0 atom stereocenters. The molecule has 166 valence electrons. The van der Waals surface area contributed by atoms with Crippen molar-refractivity contribution >= 4 is 5.91 Å². The molecule has 0 aliphatic carbocycles. The fourth-order valence-electron chi connectivity index (χ4n) is 3.85. The van der Waals surface area contributed by atoms with Crippen LogP contribution >= 0.6 is 0 Å². The number of rotatable bonds is 5. The van der Waals surface area contributed by atoms with Gasteiger partial charge in [0, 0.05) is 32.4 Å². The number of halogens is 1. The minimum absolute atomic E-state index is 0.105. The predicted octanol–water partition coefficient (Wildman–Crippen LogP) is 2.16. The zero-order valence-corrected chi connectivity index (χ0v) is 17.9. The number of aromatic nitrogens is 3. The molecule has 8 nitrogen and oxygen atoms in total. The standard InChI is InChI=1S/C23H24FN5O3/c1-23(2)22-27-18(20(31)26-13-15-6-8-16(24)9-7-15)19(30)21(32)29(22)12-11-28(23)14-17-5-3-4-10-25-17/h3-10,30H,11-14H2,1-2H3,(H,26,31). The van der Waals surface area contributed by atoms with E-state index < -0.39 is 22.8 Å². The van der Waals surface area contributed by atoms with Gasteiger partial charge >= 0.3 is 0 Å². The molecule has 4 rings (SSSR count). The number of aromatic hydroxyl groups is 1. The van der Waals surface area contributed by atoms with Gasteiger partial charge in [-0.2, -0.15) is 0 Å². The highest BCUT2D eigenvalue weighted by molar-refractivity contribution is 5.94. The van der Waals surface area contributed by atoms with Crippen LogP contribution in [0.25, 0.3) is 0 Å². The highest BCUT2D eigenvalue weighted by atomic mass is 19.1. The van der Waals surface area contributed by atoms with Crippen LogP contribution in [0.5, 0.6) is 5.75 Å². The highest BCUT2D eigenvalue weighted by Gasteiger charge is 2.39. The van der Waals surface area contributed by atoms with Crippen molar-refractivity contribution < 1.29 is 14.3 Å². The summed E-state index contributed by atoms with van der Waals surface area (Å²) in [5.41, 5.74) is -0.0962. The summed E-state index contributed by atoms with van der Waals surface area (Å²) in [5, 5.41) is 13.0. The van der Waals surface area contributed by atoms with Crippen LogP contribution in [0.2, 0.25) is 0 Å². The number of carbonyl (C=O) groups excluding carboxylic acids is 1. The van der Waals surface area contributed by atoms with Crippen LogP contribution in [0.15, 0.2) is 53.5 Å². The van der Waals surface area contributed by atoms with E-state index in [0.717, 1.165) is 5.69 Å². The van der Waals surface area contributed by atoms with Crippen LogP contribution in [0, 0.1) is 5.82 Å². The molecule has 1 aromatic carbocycles. The van der Waals surface area contributed by atoms with Gasteiger partial charge in [0.25, 0.3) is 11.5 Å². The van der Waals surface area contributed by atoms with Gasteiger partial charge < -0.3 is 10.4 Å². The summed E-state index contributed by atoms with van der Waals surface area (Å²) in [7, 11) is 0. The second kappa shape index (κ2) is 8.51. The largest absolute Gasteiger partial charge is 0.501 e. The molecular weight excluding hydrogens is 413 g/mol. The molecule has 0 spiro atoms. The number of pyridine rings is 1. The first-order valence-electron chi connectivity index (χ1n) is 10.3. The van der Waals surface area contributed by atoms with Crippen molar-refractivity contribution in [1.29, 1.82) is 0 Å². The molecule has 1 aliphatic rings. The van der Waals surface area contributed by atoms with E-state index in [4.69, 9.17) is 0 Å². The molecule has 1 amide bonds. The van der Waals surface area contributed by atoms with E-state index in [2.05, 4.69) is 20.2 Å². The van der Waals surface area contributed by atoms with Crippen molar-refractivity contribution in [2.24, 2.45) is 0 Å². The first-order valence-corrected chi connectivity index (χ1v) is 10.3. The number of hydrogen-bond acceptors (Lipinski definition) is 6. The number of hydrogen-bond donors (Lipinski definition) is 2. The van der Waals surface area contributed by atoms with E-state index in [-0.39, 0.29) is 18.1 Å². The number of amides is 1.